The Morgan fingerprint density at radius 2 is 1.88 bits per heavy atom. The fourth-order valence-electron chi connectivity index (χ4n) is 1.28. The van der Waals surface area contributed by atoms with Gasteiger partial charge in [0.2, 0.25) is 0 Å². The van der Waals surface area contributed by atoms with Crippen LogP contribution in [-0.2, 0) is 4.79 Å². The molecular weight excluding hydrogens is 319 g/mol. The van der Waals surface area contributed by atoms with E-state index in [9.17, 15) is 13.6 Å². The summed E-state index contributed by atoms with van der Waals surface area (Å²) in [5, 5.41) is 8.55. The van der Waals surface area contributed by atoms with Crippen LogP contribution in [0.5, 0.6) is 0 Å². The van der Waals surface area contributed by atoms with Gasteiger partial charge in [0, 0.05) is 16.1 Å². The van der Waals surface area contributed by atoms with Gasteiger partial charge in [-0.3, -0.25) is 4.79 Å². The average molecular weight is 331 g/mol. The Bertz CT molecular complexity index is 404. The number of benzene rings is 1. The van der Waals surface area contributed by atoms with Gasteiger partial charge in [-0.1, -0.05) is 15.9 Å². The second kappa shape index (κ2) is 6.88. The van der Waals surface area contributed by atoms with E-state index in [1.165, 1.54) is 12.1 Å². The van der Waals surface area contributed by atoms with Crippen LogP contribution in [0, 0.1) is 0 Å². The lowest BCUT2D eigenvalue weighted by Gasteiger charge is -2.11. The molecule has 1 aromatic rings. The third-order valence-corrected chi connectivity index (χ3v) is 2.47. The van der Waals surface area contributed by atoms with Gasteiger partial charge in [0.25, 0.3) is 6.43 Å². The Hall–Kier alpha value is -0.720. The molecule has 3 N–H and O–H groups in total. The Morgan fingerprint density at radius 1 is 1.35 bits per heavy atom. The van der Waals surface area contributed by atoms with E-state index in [0.717, 1.165) is 0 Å². The van der Waals surface area contributed by atoms with E-state index < -0.39 is 18.4 Å². The molecule has 0 saturated heterocycles. The van der Waals surface area contributed by atoms with Crippen molar-refractivity contribution in [1.82, 2.24) is 0 Å². The lowest BCUT2D eigenvalue weighted by molar-refractivity contribution is -0.137. The van der Waals surface area contributed by atoms with Crippen LogP contribution in [0.1, 0.15) is 30.0 Å². The van der Waals surface area contributed by atoms with Crippen molar-refractivity contribution in [3.8, 4) is 0 Å². The summed E-state index contributed by atoms with van der Waals surface area (Å²) in [6.07, 6.45) is -2.90. The highest BCUT2D eigenvalue weighted by Gasteiger charge is 2.15. The quantitative estimate of drug-likeness (QED) is 0.890. The topological polar surface area (TPSA) is 63.3 Å². The Kier molecular flexibility index (Phi) is 6.59. The summed E-state index contributed by atoms with van der Waals surface area (Å²) in [6.45, 7) is 0. The molecule has 1 atom stereocenters. The SMILES string of the molecule is Cl.NC(CC(=O)O)c1cc(Br)cc(C(F)F)c1. The van der Waals surface area contributed by atoms with Crippen LogP contribution >= 0.6 is 28.3 Å². The molecule has 0 saturated carbocycles. The summed E-state index contributed by atoms with van der Waals surface area (Å²) in [5.41, 5.74) is 5.79. The van der Waals surface area contributed by atoms with Crippen LogP contribution < -0.4 is 5.73 Å². The van der Waals surface area contributed by atoms with Gasteiger partial charge >= 0.3 is 5.97 Å². The van der Waals surface area contributed by atoms with Gasteiger partial charge in [0.05, 0.1) is 6.42 Å². The molecule has 7 heteroatoms. The minimum absolute atomic E-state index is 0. The third kappa shape index (κ3) is 4.97. The number of alkyl halides is 2. The van der Waals surface area contributed by atoms with E-state index >= 15 is 0 Å². The molecule has 1 aromatic carbocycles. The molecule has 0 bridgehead atoms. The maximum atomic E-state index is 12.5. The molecule has 0 spiro atoms. The minimum Gasteiger partial charge on any atom is -0.481 e. The molecular formula is C10H11BrClF2NO2. The van der Waals surface area contributed by atoms with Gasteiger partial charge in [-0.15, -0.1) is 12.4 Å². The van der Waals surface area contributed by atoms with Crippen molar-refractivity contribution >= 4 is 34.3 Å². The van der Waals surface area contributed by atoms with Crippen molar-refractivity contribution < 1.29 is 18.7 Å². The number of hydrogen-bond donors (Lipinski definition) is 2. The largest absolute Gasteiger partial charge is 0.481 e. The maximum absolute atomic E-state index is 12.5. The summed E-state index contributed by atoms with van der Waals surface area (Å²) in [5.74, 6) is -1.06. The summed E-state index contributed by atoms with van der Waals surface area (Å²) in [7, 11) is 0. The summed E-state index contributed by atoms with van der Waals surface area (Å²) >= 11 is 3.08. The first-order valence-corrected chi connectivity index (χ1v) is 5.25. The summed E-state index contributed by atoms with van der Waals surface area (Å²) < 4.78 is 25.4. The molecule has 1 rings (SSSR count). The van der Waals surface area contributed by atoms with Gasteiger partial charge in [-0.2, -0.15) is 0 Å². The number of halogens is 4. The average Bonchev–Trinajstić information content (AvgIpc) is 2.15. The molecule has 96 valence electrons. The number of carbonyl (C=O) groups is 1. The van der Waals surface area contributed by atoms with E-state index in [1.54, 1.807) is 6.07 Å². The van der Waals surface area contributed by atoms with E-state index in [4.69, 9.17) is 10.8 Å². The molecule has 1 unspecified atom stereocenters. The third-order valence-electron chi connectivity index (χ3n) is 2.02. The predicted octanol–water partition coefficient (Wildman–Crippen LogP) is 3.28. The molecule has 0 heterocycles. The van der Waals surface area contributed by atoms with Crippen molar-refractivity contribution in [3.05, 3.63) is 33.8 Å². The van der Waals surface area contributed by atoms with Crippen molar-refractivity contribution in [2.75, 3.05) is 0 Å². The van der Waals surface area contributed by atoms with E-state index in [2.05, 4.69) is 15.9 Å². The molecule has 0 aliphatic rings. The van der Waals surface area contributed by atoms with Gasteiger partial charge < -0.3 is 10.8 Å². The molecule has 0 amide bonds. The molecule has 0 fully saturated rings. The molecule has 0 aliphatic heterocycles. The summed E-state index contributed by atoms with van der Waals surface area (Å²) in [6, 6.07) is 3.26. The molecule has 0 aliphatic carbocycles. The Morgan fingerprint density at radius 3 is 2.35 bits per heavy atom. The zero-order valence-corrected chi connectivity index (χ0v) is 11.0. The highest BCUT2D eigenvalue weighted by atomic mass is 79.9. The lowest BCUT2D eigenvalue weighted by atomic mass is 10.0. The lowest BCUT2D eigenvalue weighted by Crippen LogP contribution is -2.15. The first kappa shape index (κ1) is 16.3. The van der Waals surface area contributed by atoms with E-state index in [0.29, 0.717) is 10.0 Å². The second-order valence-electron chi connectivity index (χ2n) is 3.32. The highest BCUT2D eigenvalue weighted by Crippen LogP contribution is 2.27. The fourth-order valence-corrected chi connectivity index (χ4v) is 1.81. The zero-order valence-electron chi connectivity index (χ0n) is 8.57. The van der Waals surface area contributed by atoms with Crippen molar-refractivity contribution in [2.45, 2.75) is 18.9 Å². The van der Waals surface area contributed by atoms with Crippen LogP contribution in [-0.4, -0.2) is 11.1 Å². The number of hydrogen-bond acceptors (Lipinski definition) is 2. The first-order valence-electron chi connectivity index (χ1n) is 4.46. The van der Waals surface area contributed by atoms with Gasteiger partial charge in [-0.25, -0.2) is 8.78 Å². The smallest absolute Gasteiger partial charge is 0.305 e. The normalized spacial score (nSPS) is 12.1. The maximum Gasteiger partial charge on any atom is 0.305 e. The second-order valence-corrected chi connectivity index (χ2v) is 4.24. The first-order chi connectivity index (χ1) is 7.40. The molecule has 0 aromatic heterocycles. The zero-order chi connectivity index (χ0) is 12.3. The minimum atomic E-state index is -2.60. The van der Waals surface area contributed by atoms with E-state index in [-0.39, 0.29) is 24.4 Å². The number of carboxylic acid groups (broad SMARTS) is 1. The van der Waals surface area contributed by atoms with Gasteiger partial charge in [0.1, 0.15) is 0 Å². The fraction of sp³-hybridized carbons (Fsp3) is 0.300. The van der Waals surface area contributed by atoms with E-state index in [1.807, 2.05) is 0 Å². The summed E-state index contributed by atoms with van der Waals surface area (Å²) in [4.78, 5) is 10.4. The van der Waals surface area contributed by atoms with Crippen LogP contribution in [0.15, 0.2) is 22.7 Å². The number of nitrogens with two attached hydrogens (primary N) is 1. The predicted molar refractivity (Wildman–Crippen MR) is 65.5 cm³/mol. The van der Waals surface area contributed by atoms with Gasteiger partial charge in [-0.05, 0) is 23.8 Å². The molecule has 17 heavy (non-hydrogen) atoms. The number of rotatable bonds is 4. The van der Waals surface area contributed by atoms with Crippen LogP contribution in [0.4, 0.5) is 8.78 Å². The Balaban J connectivity index is 0.00000256. The van der Waals surface area contributed by atoms with Gasteiger partial charge in [0.15, 0.2) is 0 Å². The Labute approximate surface area is 112 Å². The van der Waals surface area contributed by atoms with Crippen LogP contribution in [0.3, 0.4) is 0 Å². The van der Waals surface area contributed by atoms with Crippen molar-refractivity contribution in [2.24, 2.45) is 5.73 Å². The van der Waals surface area contributed by atoms with Crippen LogP contribution in [0.25, 0.3) is 0 Å². The van der Waals surface area contributed by atoms with Crippen LogP contribution in [0.2, 0.25) is 0 Å². The van der Waals surface area contributed by atoms with Crippen molar-refractivity contribution in [3.63, 3.8) is 0 Å². The molecule has 0 radical (unpaired) electrons. The standard InChI is InChI=1S/C10H10BrF2NO2.ClH/c11-7-2-5(8(14)4-9(15)16)1-6(3-7)10(12)13;/h1-3,8,10H,4,14H2,(H,15,16);1H. The van der Waals surface area contributed by atoms with Crippen molar-refractivity contribution in [1.29, 1.82) is 0 Å². The molecule has 3 nitrogen and oxygen atoms in total. The monoisotopic (exact) mass is 329 g/mol. The number of aliphatic carboxylic acids is 1. The number of carboxylic acids is 1. The highest BCUT2D eigenvalue weighted by molar-refractivity contribution is 9.10.